The van der Waals surface area contributed by atoms with Crippen LogP contribution in [-0.4, -0.2) is 10.3 Å². The zero-order valence-corrected chi connectivity index (χ0v) is 9.23. The van der Waals surface area contributed by atoms with Gasteiger partial charge >= 0.3 is 0 Å². The molecule has 0 atom stereocenters. The first kappa shape index (κ1) is 9.20. The molecule has 0 bridgehead atoms. The molecular formula is C8H9Br2N. The van der Waals surface area contributed by atoms with E-state index < -0.39 is 0 Å². The van der Waals surface area contributed by atoms with Crippen LogP contribution in [0.15, 0.2) is 22.9 Å². The predicted octanol–water partition coefficient (Wildman–Crippen LogP) is 3.17. The third-order valence-corrected chi connectivity index (χ3v) is 2.38. The number of aryl methyl sites for hydroxylation is 1. The number of nitrogens with zero attached hydrogens (tertiary/aromatic N) is 1. The van der Waals surface area contributed by atoms with Crippen LogP contribution < -0.4 is 0 Å². The Kier molecular flexibility index (Phi) is 4.08. The first-order valence-corrected chi connectivity index (χ1v) is 5.41. The zero-order chi connectivity index (χ0) is 8.10. The van der Waals surface area contributed by atoms with E-state index in [1.165, 1.54) is 12.0 Å². The smallest absolute Gasteiger partial charge is 0.106 e. The van der Waals surface area contributed by atoms with E-state index >= 15 is 0 Å². The molecule has 0 aliphatic rings. The van der Waals surface area contributed by atoms with Gasteiger partial charge in [-0.3, -0.25) is 0 Å². The molecule has 1 rings (SSSR count). The number of hydrogen-bond donors (Lipinski definition) is 0. The summed E-state index contributed by atoms with van der Waals surface area (Å²) in [5.41, 5.74) is 1.34. The number of pyridine rings is 1. The Balaban J connectivity index is 2.56. The van der Waals surface area contributed by atoms with Crippen LogP contribution in [0, 0.1) is 0 Å². The summed E-state index contributed by atoms with van der Waals surface area (Å²) in [5.74, 6) is 0. The Hall–Kier alpha value is 0.110. The average molecular weight is 279 g/mol. The molecule has 0 radical (unpaired) electrons. The van der Waals surface area contributed by atoms with E-state index in [4.69, 9.17) is 0 Å². The molecule has 1 aromatic rings. The minimum Gasteiger partial charge on any atom is -0.249 e. The highest BCUT2D eigenvalue weighted by atomic mass is 79.9. The molecule has 0 N–H and O–H groups in total. The van der Waals surface area contributed by atoms with Gasteiger partial charge in [0, 0.05) is 11.5 Å². The van der Waals surface area contributed by atoms with Crippen LogP contribution in [0.25, 0.3) is 0 Å². The molecule has 0 saturated heterocycles. The first-order chi connectivity index (χ1) is 5.33. The highest BCUT2D eigenvalue weighted by Crippen LogP contribution is 2.10. The third kappa shape index (κ3) is 3.34. The molecule has 0 fully saturated rings. The van der Waals surface area contributed by atoms with Gasteiger partial charge in [-0.2, -0.15) is 0 Å². The molecule has 0 aliphatic carbocycles. The normalized spacial score (nSPS) is 10.0. The standard InChI is InChI=1S/C8H9Br2N/c9-4-1-2-7-3-5-11-8(10)6-7/h3,5-6H,1-2,4H2. The Morgan fingerprint density at radius 2 is 2.27 bits per heavy atom. The summed E-state index contributed by atoms with van der Waals surface area (Å²) in [4.78, 5) is 4.05. The van der Waals surface area contributed by atoms with Gasteiger partial charge in [-0.05, 0) is 46.5 Å². The molecule has 1 aromatic heterocycles. The molecular weight excluding hydrogens is 270 g/mol. The van der Waals surface area contributed by atoms with E-state index in [1.54, 1.807) is 0 Å². The fourth-order valence-electron chi connectivity index (χ4n) is 0.869. The lowest BCUT2D eigenvalue weighted by Crippen LogP contribution is -1.86. The maximum Gasteiger partial charge on any atom is 0.106 e. The van der Waals surface area contributed by atoms with Crippen LogP contribution in [-0.2, 0) is 6.42 Å². The molecule has 0 spiro atoms. The highest BCUT2D eigenvalue weighted by molar-refractivity contribution is 9.10. The molecule has 0 aliphatic heterocycles. The van der Waals surface area contributed by atoms with Crippen LogP contribution in [0.3, 0.4) is 0 Å². The molecule has 11 heavy (non-hydrogen) atoms. The Morgan fingerprint density at radius 3 is 2.91 bits per heavy atom. The number of hydrogen-bond acceptors (Lipinski definition) is 1. The SMILES string of the molecule is BrCCCc1ccnc(Br)c1. The van der Waals surface area contributed by atoms with E-state index in [1.807, 2.05) is 12.3 Å². The van der Waals surface area contributed by atoms with Gasteiger partial charge < -0.3 is 0 Å². The molecule has 3 heteroatoms. The molecule has 0 aromatic carbocycles. The minimum atomic E-state index is 0.921. The fraction of sp³-hybridized carbons (Fsp3) is 0.375. The van der Waals surface area contributed by atoms with Crippen molar-refractivity contribution in [3.8, 4) is 0 Å². The Bertz CT molecular complexity index is 225. The third-order valence-electron chi connectivity index (χ3n) is 1.39. The van der Waals surface area contributed by atoms with Crippen molar-refractivity contribution in [2.45, 2.75) is 12.8 Å². The highest BCUT2D eigenvalue weighted by Gasteiger charge is 1.93. The van der Waals surface area contributed by atoms with Gasteiger partial charge in [0.15, 0.2) is 0 Å². The summed E-state index contributed by atoms with van der Waals surface area (Å²) in [5, 5.41) is 1.06. The van der Waals surface area contributed by atoms with Crippen molar-refractivity contribution >= 4 is 31.9 Å². The Morgan fingerprint density at radius 1 is 1.45 bits per heavy atom. The molecule has 0 amide bonds. The van der Waals surface area contributed by atoms with Gasteiger partial charge in [0.05, 0.1) is 0 Å². The molecule has 1 nitrogen and oxygen atoms in total. The minimum absolute atomic E-state index is 0.921. The first-order valence-electron chi connectivity index (χ1n) is 3.49. The summed E-state index contributed by atoms with van der Waals surface area (Å²) in [6, 6.07) is 4.11. The van der Waals surface area contributed by atoms with E-state index in [-0.39, 0.29) is 0 Å². The van der Waals surface area contributed by atoms with Gasteiger partial charge in [0.25, 0.3) is 0 Å². The van der Waals surface area contributed by atoms with Crippen molar-refractivity contribution in [2.75, 3.05) is 5.33 Å². The lowest BCUT2D eigenvalue weighted by molar-refractivity contribution is 0.933. The Labute approximate surface area is 83.5 Å². The molecule has 0 unspecified atom stereocenters. The summed E-state index contributed by atoms with van der Waals surface area (Å²) in [7, 11) is 0. The van der Waals surface area contributed by atoms with Crippen LogP contribution in [0.5, 0.6) is 0 Å². The number of rotatable bonds is 3. The van der Waals surface area contributed by atoms with Gasteiger partial charge in [-0.1, -0.05) is 15.9 Å². The second-order valence-electron chi connectivity index (χ2n) is 2.28. The maximum absolute atomic E-state index is 4.05. The lowest BCUT2D eigenvalue weighted by atomic mass is 10.2. The number of halogens is 2. The van der Waals surface area contributed by atoms with Gasteiger partial charge in [-0.15, -0.1) is 0 Å². The van der Waals surface area contributed by atoms with Crippen molar-refractivity contribution < 1.29 is 0 Å². The van der Waals surface area contributed by atoms with E-state index in [0.717, 1.165) is 16.4 Å². The van der Waals surface area contributed by atoms with Gasteiger partial charge in [0.1, 0.15) is 4.60 Å². The zero-order valence-electron chi connectivity index (χ0n) is 6.06. The predicted molar refractivity (Wildman–Crippen MR) is 54.1 cm³/mol. The molecule has 60 valence electrons. The van der Waals surface area contributed by atoms with E-state index in [9.17, 15) is 0 Å². The van der Waals surface area contributed by atoms with Crippen LogP contribution in [0.1, 0.15) is 12.0 Å². The molecule has 1 heterocycles. The second kappa shape index (κ2) is 4.88. The maximum atomic E-state index is 4.05. The van der Waals surface area contributed by atoms with E-state index in [2.05, 4.69) is 42.9 Å². The van der Waals surface area contributed by atoms with Crippen molar-refractivity contribution in [1.82, 2.24) is 4.98 Å². The number of aromatic nitrogens is 1. The summed E-state index contributed by atoms with van der Waals surface area (Å²) in [6.07, 6.45) is 4.12. The van der Waals surface area contributed by atoms with E-state index in [0.29, 0.717) is 0 Å². The number of alkyl halides is 1. The second-order valence-corrected chi connectivity index (χ2v) is 3.88. The van der Waals surface area contributed by atoms with Crippen molar-refractivity contribution in [3.63, 3.8) is 0 Å². The van der Waals surface area contributed by atoms with Crippen molar-refractivity contribution in [2.24, 2.45) is 0 Å². The lowest BCUT2D eigenvalue weighted by Gasteiger charge is -1.97. The average Bonchev–Trinajstić information content (AvgIpc) is 2.01. The van der Waals surface area contributed by atoms with Crippen LogP contribution in [0.4, 0.5) is 0 Å². The fourth-order valence-corrected chi connectivity index (χ4v) is 1.56. The summed E-state index contributed by atoms with van der Waals surface area (Å²) < 4.78 is 0.921. The molecule has 0 saturated carbocycles. The monoisotopic (exact) mass is 277 g/mol. The summed E-state index contributed by atoms with van der Waals surface area (Å²) >= 11 is 6.73. The quantitative estimate of drug-likeness (QED) is 0.611. The largest absolute Gasteiger partial charge is 0.249 e. The van der Waals surface area contributed by atoms with Crippen molar-refractivity contribution in [1.29, 1.82) is 0 Å². The van der Waals surface area contributed by atoms with Gasteiger partial charge in [0.2, 0.25) is 0 Å². The topological polar surface area (TPSA) is 12.9 Å². The van der Waals surface area contributed by atoms with Crippen LogP contribution >= 0.6 is 31.9 Å². The van der Waals surface area contributed by atoms with Gasteiger partial charge in [-0.25, -0.2) is 4.98 Å². The van der Waals surface area contributed by atoms with Crippen LogP contribution in [0.2, 0.25) is 0 Å². The summed E-state index contributed by atoms with van der Waals surface area (Å²) in [6.45, 7) is 0. The van der Waals surface area contributed by atoms with Crippen molar-refractivity contribution in [3.05, 3.63) is 28.5 Å².